The number of benzene rings is 1. The van der Waals surface area contributed by atoms with Gasteiger partial charge in [-0.15, -0.1) is 0 Å². The number of halogens is 1. The van der Waals surface area contributed by atoms with Gasteiger partial charge in [0.15, 0.2) is 0 Å². The lowest BCUT2D eigenvalue weighted by molar-refractivity contribution is -0.115. The van der Waals surface area contributed by atoms with Crippen molar-refractivity contribution in [2.24, 2.45) is 5.92 Å². The van der Waals surface area contributed by atoms with E-state index in [2.05, 4.69) is 10.6 Å². The molecule has 5 heteroatoms. The number of amides is 1. The molecule has 0 spiro atoms. The Morgan fingerprint density at radius 2 is 2.15 bits per heavy atom. The van der Waals surface area contributed by atoms with Crippen LogP contribution in [-0.2, 0) is 4.79 Å². The molecule has 110 valence electrons. The van der Waals surface area contributed by atoms with Crippen LogP contribution in [0.2, 0.25) is 5.02 Å². The average Bonchev–Trinajstić information content (AvgIpc) is 2.41. The van der Waals surface area contributed by atoms with Crippen molar-refractivity contribution in [2.75, 3.05) is 18.4 Å². The van der Waals surface area contributed by atoms with E-state index in [9.17, 15) is 9.90 Å². The zero-order valence-corrected chi connectivity index (χ0v) is 12.2. The van der Waals surface area contributed by atoms with Crippen molar-refractivity contribution in [2.45, 2.75) is 31.8 Å². The van der Waals surface area contributed by atoms with Crippen LogP contribution < -0.4 is 10.6 Å². The molecular formula is C15H21ClN2O2. The summed E-state index contributed by atoms with van der Waals surface area (Å²) >= 11 is 5.86. The van der Waals surface area contributed by atoms with E-state index in [4.69, 9.17) is 11.6 Å². The summed E-state index contributed by atoms with van der Waals surface area (Å²) in [5, 5.41) is 16.3. The lowest BCUT2D eigenvalue weighted by atomic mass is 9.86. The fourth-order valence-corrected chi connectivity index (χ4v) is 2.76. The van der Waals surface area contributed by atoms with Gasteiger partial charge in [-0.3, -0.25) is 4.79 Å². The third-order valence-corrected chi connectivity index (χ3v) is 3.90. The minimum Gasteiger partial charge on any atom is -0.393 e. The van der Waals surface area contributed by atoms with Crippen LogP contribution in [0.1, 0.15) is 25.7 Å². The molecule has 4 nitrogen and oxygen atoms in total. The van der Waals surface area contributed by atoms with E-state index in [0.717, 1.165) is 25.7 Å². The van der Waals surface area contributed by atoms with Gasteiger partial charge in [0.2, 0.25) is 5.91 Å². The topological polar surface area (TPSA) is 61.4 Å². The Hall–Kier alpha value is -1.10. The van der Waals surface area contributed by atoms with Gasteiger partial charge in [-0.05, 0) is 37.0 Å². The van der Waals surface area contributed by atoms with Crippen LogP contribution in [0.15, 0.2) is 24.3 Å². The summed E-state index contributed by atoms with van der Waals surface area (Å²) in [4.78, 5) is 11.8. The van der Waals surface area contributed by atoms with Crippen LogP contribution in [0.3, 0.4) is 0 Å². The van der Waals surface area contributed by atoms with Gasteiger partial charge >= 0.3 is 0 Å². The summed E-state index contributed by atoms with van der Waals surface area (Å²) in [5.74, 6) is 0.167. The lowest BCUT2D eigenvalue weighted by Gasteiger charge is -2.27. The van der Waals surface area contributed by atoms with Crippen molar-refractivity contribution < 1.29 is 9.90 Å². The second-order valence-corrected chi connectivity index (χ2v) is 5.74. The highest BCUT2D eigenvalue weighted by Crippen LogP contribution is 2.23. The smallest absolute Gasteiger partial charge is 0.238 e. The number of hydrogen-bond acceptors (Lipinski definition) is 3. The fraction of sp³-hybridized carbons (Fsp3) is 0.533. The summed E-state index contributed by atoms with van der Waals surface area (Å²) in [6.07, 6.45) is 3.95. The number of carbonyl (C=O) groups excluding carboxylic acids is 1. The molecule has 20 heavy (non-hydrogen) atoms. The Bertz CT molecular complexity index is 453. The molecule has 1 aliphatic rings. The number of aliphatic hydroxyl groups is 1. The van der Waals surface area contributed by atoms with E-state index in [1.165, 1.54) is 0 Å². The van der Waals surface area contributed by atoms with E-state index in [1.807, 2.05) is 0 Å². The van der Waals surface area contributed by atoms with E-state index < -0.39 is 0 Å². The lowest BCUT2D eigenvalue weighted by Crippen LogP contribution is -2.37. The van der Waals surface area contributed by atoms with E-state index >= 15 is 0 Å². The van der Waals surface area contributed by atoms with Gasteiger partial charge in [0.25, 0.3) is 0 Å². The van der Waals surface area contributed by atoms with Crippen LogP contribution in [0, 0.1) is 5.92 Å². The third-order valence-electron chi connectivity index (χ3n) is 3.67. The summed E-state index contributed by atoms with van der Waals surface area (Å²) < 4.78 is 0. The van der Waals surface area contributed by atoms with Crippen molar-refractivity contribution in [1.29, 1.82) is 0 Å². The van der Waals surface area contributed by atoms with Gasteiger partial charge < -0.3 is 15.7 Å². The minimum atomic E-state index is -0.229. The van der Waals surface area contributed by atoms with Crippen molar-refractivity contribution in [3.63, 3.8) is 0 Å². The summed E-state index contributed by atoms with van der Waals surface area (Å²) in [6.45, 7) is 0.930. The van der Waals surface area contributed by atoms with Crippen molar-refractivity contribution in [1.82, 2.24) is 5.32 Å². The first-order chi connectivity index (χ1) is 9.65. The first kappa shape index (κ1) is 15.3. The molecule has 2 rings (SSSR count). The van der Waals surface area contributed by atoms with Gasteiger partial charge in [-0.1, -0.05) is 30.5 Å². The molecule has 1 amide bonds. The van der Waals surface area contributed by atoms with E-state index in [-0.39, 0.29) is 24.5 Å². The summed E-state index contributed by atoms with van der Waals surface area (Å²) in [5.41, 5.74) is 0.696. The number of aliphatic hydroxyl groups excluding tert-OH is 1. The maximum Gasteiger partial charge on any atom is 0.238 e. The van der Waals surface area contributed by atoms with Crippen LogP contribution in [0.5, 0.6) is 0 Å². The quantitative estimate of drug-likeness (QED) is 0.782. The molecule has 2 unspecified atom stereocenters. The zero-order chi connectivity index (χ0) is 14.4. The highest BCUT2D eigenvalue weighted by atomic mass is 35.5. The minimum absolute atomic E-state index is 0.0995. The highest BCUT2D eigenvalue weighted by Gasteiger charge is 2.22. The number of nitrogens with one attached hydrogen (secondary N) is 2. The third kappa shape index (κ3) is 4.78. The van der Waals surface area contributed by atoms with Crippen LogP contribution in [0.25, 0.3) is 0 Å². The predicted octanol–water partition coefficient (Wildman–Crippen LogP) is 2.42. The zero-order valence-electron chi connectivity index (χ0n) is 11.4. The number of rotatable bonds is 5. The van der Waals surface area contributed by atoms with Crippen LogP contribution in [-0.4, -0.2) is 30.2 Å². The normalized spacial score (nSPS) is 22.5. The summed E-state index contributed by atoms with van der Waals surface area (Å²) in [6, 6.07) is 7.07. The SMILES string of the molecule is O=C(CNCC1CCCCC1O)Nc1cccc(Cl)c1. The number of hydrogen-bond donors (Lipinski definition) is 3. The molecule has 3 N–H and O–H groups in total. The number of anilines is 1. The largest absolute Gasteiger partial charge is 0.393 e. The average molecular weight is 297 g/mol. The van der Waals surface area contributed by atoms with E-state index in [0.29, 0.717) is 17.3 Å². The van der Waals surface area contributed by atoms with Crippen molar-refractivity contribution in [3.05, 3.63) is 29.3 Å². The number of carbonyl (C=O) groups is 1. The first-order valence-electron chi connectivity index (χ1n) is 7.09. The van der Waals surface area contributed by atoms with Gasteiger partial charge in [0, 0.05) is 17.3 Å². The molecule has 0 bridgehead atoms. The molecule has 0 aliphatic heterocycles. The maximum absolute atomic E-state index is 11.8. The fourth-order valence-electron chi connectivity index (χ4n) is 2.57. The molecule has 1 aromatic rings. The predicted molar refractivity (Wildman–Crippen MR) is 80.9 cm³/mol. The Labute approximate surface area is 124 Å². The summed E-state index contributed by atoms with van der Waals surface area (Å²) in [7, 11) is 0. The molecule has 0 aromatic heterocycles. The molecule has 0 radical (unpaired) electrons. The van der Waals surface area contributed by atoms with Gasteiger partial charge in [0.05, 0.1) is 12.6 Å². The highest BCUT2D eigenvalue weighted by molar-refractivity contribution is 6.30. The van der Waals surface area contributed by atoms with Gasteiger partial charge in [-0.2, -0.15) is 0 Å². The molecule has 1 fully saturated rings. The van der Waals surface area contributed by atoms with Crippen LogP contribution in [0.4, 0.5) is 5.69 Å². The second-order valence-electron chi connectivity index (χ2n) is 5.30. The maximum atomic E-state index is 11.8. The van der Waals surface area contributed by atoms with Crippen LogP contribution >= 0.6 is 11.6 Å². The molecule has 1 aliphatic carbocycles. The van der Waals surface area contributed by atoms with Crippen molar-refractivity contribution in [3.8, 4) is 0 Å². The molecule has 2 atom stereocenters. The monoisotopic (exact) mass is 296 g/mol. The molecule has 1 saturated carbocycles. The van der Waals surface area contributed by atoms with Gasteiger partial charge in [-0.25, -0.2) is 0 Å². The van der Waals surface area contributed by atoms with E-state index in [1.54, 1.807) is 24.3 Å². The molecular weight excluding hydrogens is 276 g/mol. The second kappa shape index (κ2) is 7.62. The Morgan fingerprint density at radius 3 is 2.90 bits per heavy atom. The molecule has 1 aromatic carbocycles. The molecule has 0 heterocycles. The Balaban J connectivity index is 1.70. The molecule has 0 saturated heterocycles. The first-order valence-corrected chi connectivity index (χ1v) is 7.47. The Kier molecular flexibility index (Phi) is 5.83. The van der Waals surface area contributed by atoms with Gasteiger partial charge in [0.1, 0.15) is 0 Å². The van der Waals surface area contributed by atoms with Crippen molar-refractivity contribution >= 4 is 23.2 Å². The Morgan fingerprint density at radius 1 is 1.35 bits per heavy atom. The standard InChI is InChI=1S/C15H21ClN2O2/c16-12-5-3-6-13(8-12)18-15(20)10-17-9-11-4-1-2-7-14(11)19/h3,5-6,8,11,14,17,19H,1-2,4,7,9-10H2,(H,18,20).